The van der Waals surface area contributed by atoms with Crippen LogP contribution in [0.2, 0.25) is 0 Å². The van der Waals surface area contributed by atoms with E-state index in [1.54, 1.807) is 30.5 Å². The first-order chi connectivity index (χ1) is 20.4. The summed E-state index contributed by atoms with van der Waals surface area (Å²) in [6, 6.07) is 12.7. The fourth-order valence-electron chi connectivity index (χ4n) is 5.53. The number of hydrogen-bond donors (Lipinski definition) is 1. The Morgan fingerprint density at radius 1 is 1.12 bits per heavy atom. The molecule has 0 bridgehead atoms. The second kappa shape index (κ2) is 12.1. The lowest BCUT2D eigenvalue weighted by atomic mass is 9.85. The molecule has 1 aliphatic heterocycles. The van der Waals surface area contributed by atoms with Gasteiger partial charge in [-0.2, -0.15) is 10.2 Å². The van der Waals surface area contributed by atoms with Crippen LogP contribution in [0.1, 0.15) is 59.7 Å². The number of hydrogen-bond acceptors (Lipinski definition) is 8. The first-order valence-corrected chi connectivity index (χ1v) is 14.1. The summed E-state index contributed by atoms with van der Waals surface area (Å²) < 4.78 is 33.6. The van der Waals surface area contributed by atoms with Crippen molar-refractivity contribution in [3.05, 3.63) is 77.3 Å². The molecule has 3 heterocycles. The van der Waals surface area contributed by atoms with Crippen molar-refractivity contribution < 1.29 is 28.5 Å². The van der Waals surface area contributed by atoms with Gasteiger partial charge < -0.3 is 23.9 Å². The number of fused-ring (bicyclic) bond motifs is 1. The molecule has 0 spiro atoms. The minimum absolute atomic E-state index is 0.0150. The first kappa shape index (κ1) is 27.6. The van der Waals surface area contributed by atoms with Gasteiger partial charge in [-0.3, -0.25) is 0 Å². The molecule has 1 N–H and O–H groups in total. The van der Waals surface area contributed by atoms with Crippen molar-refractivity contribution in [3.63, 3.8) is 0 Å². The van der Waals surface area contributed by atoms with E-state index in [9.17, 15) is 14.3 Å². The quantitative estimate of drug-likeness (QED) is 0.277. The Bertz CT molecular complexity index is 1640. The first-order valence-electron chi connectivity index (χ1n) is 14.1. The molecule has 4 aromatic rings. The number of carboxylic acids is 1. The fraction of sp³-hybridized carbons (Fsp3) is 0.387. The summed E-state index contributed by atoms with van der Waals surface area (Å²) in [4.78, 5) is 25.1. The van der Waals surface area contributed by atoms with E-state index in [0.29, 0.717) is 24.2 Å². The molecule has 2 fully saturated rings. The zero-order chi connectivity index (χ0) is 29.1. The van der Waals surface area contributed by atoms with Crippen molar-refractivity contribution in [2.24, 2.45) is 5.92 Å². The summed E-state index contributed by atoms with van der Waals surface area (Å²) in [5, 5.41) is 18.4. The minimum Gasteiger partial charge on any atom is -0.483 e. The van der Waals surface area contributed by atoms with Crippen LogP contribution in [-0.4, -0.2) is 49.4 Å². The maximum atomic E-state index is 14.1. The van der Waals surface area contributed by atoms with E-state index < -0.39 is 11.8 Å². The molecule has 11 heteroatoms. The Morgan fingerprint density at radius 2 is 1.95 bits per heavy atom. The van der Waals surface area contributed by atoms with Crippen molar-refractivity contribution in [1.82, 2.24) is 19.5 Å². The smallest absolute Gasteiger partial charge is 0.335 e. The molecule has 6 rings (SSSR count). The Kier molecular flexibility index (Phi) is 7.97. The highest BCUT2D eigenvalue weighted by atomic mass is 19.1. The Balaban J connectivity index is 1.06. The highest BCUT2D eigenvalue weighted by molar-refractivity contribution is 5.92. The fourth-order valence-corrected chi connectivity index (χ4v) is 5.53. The third kappa shape index (κ3) is 6.19. The lowest BCUT2D eigenvalue weighted by Crippen LogP contribution is -2.32. The maximum absolute atomic E-state index is 14.1. The number of nitriles is 1. The van der Waals surface area contributed by atoms with Crippen LogP contribution in [0.15, 0.2) is 48.7 Å². The van der Waals surface area contributed by atoms with Crippen LogP contribution in [0.5, 0.6) is 11.6 Å². The largest absolute Gasteiger partial charge is 0.483 e. The number of carboxylic acid groups (broad SMARTS) is 1. The van der Waals surface area contributed by atoms with Crippen LogP contribution >= 0.6 is 0 Å². The third-order valence-corrected chi connectivity index (χ3v) is 7.90. The molecular weight excluding hydrogens is 541 g/mol. The number of nitrogens with zero attached hydrogens (tertiary/aromatic N) is 5. The molecule has 2 aliphatic rings. The van der Waals surface area contributed by atoms with E-state index in [2.05, 4.69) is 14.5 Å². The maximum Gasteiger partial charge on any atom is 0.335 e. The second-order valence-corrected chi connectivity index (χ2v) is 10.8. The lowest BCUT2D eigenvalue weighted by molar-refractivity contribution is -0.0590. The Morgan fingerprint density at radius 3 is 2.67 bits per heavy atom. The van der Waals surface area contributed by atoms with E-state index in [4.69, 9.17) is 24.5 Å². The highest BCUT2D eigenvalue weighted by Gasteiger charge is 2.27. The number of carbonyl (C=O) groups is 1. The van der Waals surface area contributed by atoms with E-state index in [1.807, 2.05) is 6.07 Å². The lowest BCUT2D eigenvalue weighted by Gasteiger charge is -2.30. The zero-order valence-corrected chi connectivity index (χ0v) is 22.9. The van der Waals surface area contributed by atoms with Crippen molar-refractivity contribution in [2.75, 3.05) is 6.61 Å². The van der Waals surface area contributed by atoms with Crippen LogP contribution in [0, 0.1) is 23.1 Å². The summed E-state index contributed by atoms with van der Waals surface area (Å²) in [7, 11) is 0. The SMILES string of the molecule is N#Cc1ccc(OCc2nccc(O[C@H]3CC[C@@H](Cc4nc5ccc(C(=O)O)cc5n4C[C@@H]4CCO4)CC3)n2)c(F)c1. The predicted octanol–water partition coefficient (Wildman–Crippen LogP) is 5.08. The number of benzene rings is 2. The van der Waals surface area contributed by atoms with Gasteiger partial charge in [-0.1, -0.05) is 0 Å². The van der Waals surface area contributed by atoms with Crippen molar-refractivity contribution >= 4 is 17.0 Å². The van der Waals surface area contributed by atoms with Crippen LogP contribution in [-0.2, 0) is 24.3 Å². The molecule has 1 aliphatic carbocycles. The van der Waals surface area contributed by atoms with E-state index >= 15 is 0 Å². The van der Waals surface area contributed by atoms with Gasteiger partial charge in [0.05, 0.1) is 40.9 Å². The topological polar surface area (TPSA) is 132 Å². The molecule has 42 heavy (non-hydrogen) atoms. The van der Waals surface area contributed by atoms with Crippen molar-refractivity contribution in [3.8, 4) is 17.7 Å². The molecule has 1 atom stereocenters. The van der Waals surface area contributed by atoms with Gasteiger partial charge in [0.1, 0.15) is 18.5 Å². The number of imidazole rings is 1. The zero-order valence-electron chi connectivity index (χ0n) is 22.9. The number of aromatic nitrogens is 4. The van der Waals surface area contributed by atoms with Gasteiger partial charge in [0.2, 0.25) is 5.88 Å². The van der Waals surface area contributed by atoms with Crippen LogP contribution < -0.4 is 9.47 Å². The molecule has 216 valence electrons. The monoisotopic (exact) mass is 571 g/mol. The van der Waals surface area contributed by atoms with Crippen LogP contribution in [0.4, 0.5) is 4.39 Å². The molecule has 1 saturated carbocycles. The highest BCUT2D eigenvalue weighted by Crippen LogP contribution is 2.31. The van der Waals surface area contributed by atoms with Crippen molar-refractivity contribution in [2.45, 2.75) is 63.9 Å². The van der Waals surface area contributed by atoms with Gasteiger partial charge >= 0.3 is 5.97 Å². The summed E-state index contributed by atoms with van der Waals surface area (Å²) in [5.74, 6) is 0.667. The standard InChI is InChI=1S/C31H30FN5O5/c32-24-13-20(16-33)3-8-27(24)41-18-28-34-11-9-30(36-28)42-22-5-1-19(2-6-22)14-29-35-25-7-4-21(31(38)39)15-26(25)37(29)17-23-10-12-40-23/h3-4,7-9,11,13,15,19,22-23H,1-2,5-6,10,12,14,17-18H2,(H,38,39)/t19-,22+,23-/m0/s1. The molecule has 2 aromatic heterocycles. The van der Waals surface area contributed by atoms with Gasteiger partial charge in [-0.25, -0.2) is 19.2 Å². The molecule has 2 aromatic carbocycles. The number of ether oxygens (including phenoxy) is 3. The van der Waals surface area contributed by atoms with E-state index in [-0.39, 0.29) is 35.7 Å². The van der Waals surface area contributed by atoms with Crippen LogP contribution in [0.3, 0.4) is 0 Å². The number of rotatable bonds is 10. The molecular formula is C31H30FN5O5. The summed E-state index contributed by atoms with van der Waals surface area (Å²) in [6.45, 7) is 1.39. The number of halogens is 1. The summed E-state index contributed by atoms with van der Waals surface area (Å²) in [5.41, 5.74) is 2.11. The second-order valence-electron chi connectivity index (χ2n) is 10.8. The normalized spacial score (nSPS) is 20.0. The van der Waals surface area contributed by atoms with Gasteiger partial charge in [-0.05, 0) is 74.4 Å². The Labute approximate surface area is 241 Å². The average Bonchev–Trinajstić information content (AvgIpc) is 3.31. The minimum atomic E-state index is -0.951. The summed E-state index contributed by atoms with van der Waals surface area (Å²) in [6.07, 6.45) is 7.19. The van der Waals surface area contributed by atoms with Crippen LogP contribution in [0.25, 0.3) is 11.0 Å². The molecule has 0 unspecified atom stereocenters. The summed E-state index contributed by atoms with van der Waals surface area (Å²) >= 11 is 0. The van der Waals surface area contributed by atoms with Crippen molar-refractivity contribution in [1.29, 1.82) is 5.26 Å². The average molecular weight is 572 g/mol. The molecule has 10 nitrogen and oxygen atoms in total. The molecule has 1 saturated heterocycles. The van der Waals surface area contributed by atoms with Gasteiger partial charge in [0.15, 0.2) is 17.4 Å². The van der Waals surface area contributed by atoms with E-state index in [0.717, 1.165) is 68.1 Å². The Hall–Kier alpha value is -4.56. The van der Waals surface area contributed by atoms with Gasteiger partial charge in [0, 0.05) is 25.3 Å². The number of aromatic carboxylic acids is 1. The predicted molar refractivity (Wildman–Crippen MR) is 149 cm³/mol. The van der Waals surface area contributed by atoms with E-state index in [1.165, 1.54) is 12.1 Å². The molecule has 0 amide bonds. The third-order valence-electron chi connectivity index (χ3n) is 7.90. The molecule has 0 radical (unpaired) electrons. The van der Waals surface area contributed by atoms with Gasteiger partial charge in [-0.15, -0.1) is 0 Å². The van der Waals surface area contributed by atoms with Gasteiger partial charge in [0.25, 0.3) is 0 Å².